The molecule has 0 aliphatic heterocycles. The molecule has 0 aliphatic carbocycles. The topological polar surface area (TPSA) is 35.5 Å². The standard InChI is InChI=1S/C18H18NO3.BF4/c1-19-12-15(13-7-5-4-6-8-13)18(22-19)14-9-10-16(20-2)17(11-14)21-3;2-1(3,4)5/h4-12H,1-3H3;/q+1;-1. The first-order chi connectivity index (χ1) is 12.7. The molecule has 144 valence electrons. The molecule has 3 rings (SSSR count). The van der Waals surface area contributed by atoms with Gasteiger partial charge in [0.25, 0.3) is 0 Å². The van der Waals surface area contributed by atoms with E-state index in [2.05, 4.69) is 12.1 Å². The van der Waals surface area contributed by atoms with Gasteiger partial charge in [0.15, 0.2) is 18.5 Å². The van der Waals surface area contributed by atoms with Gasteiger partial charge in [0, 0.05) is 5.56 Å². The smallest absolute Gasteiger partial charge is 0.493 e. The molecular formula is C18H18BF4NO3. The fourth-order valence-corrected chi connectivity index (χ4v) is 2.47. The van der Waals surface area contributed by atoms with E-state index in [1.165, 1.54) is 0 Å². The van der Waals surface area contributed by atoms with Crippen molar-refractivity contribution in [3.8, 4) is 33.9 Å². The Labute approximate surface area is 154 Å². The van der Waals surface area contributed by atoms with Crippen LogP contribution in [0.25, 0.3) is 22.5 Å². The Hall–Kier alpha value is -2.97. The number of hydrogen-bond acceptors (Lipinski definition) is 3. The fourth-order valence-electron chi connectivity index (χ4n) is 2.47. The average molecular weight is 383 g/mol. The maximum atomic E-state index is 9.75. The average Bonchev–Trinajstić information content (AvgIpc) is 3.02. The van der Waals surface area contributed by atoms with Crippen LogP contribution in [0.3, 0.4) is 0 Å². The SMILES string of the molecule is COc1ccc(-c2o[n+](C)cc2-c2ccccc2)cc1OC.F[B-](F)(F)F. The zero-order chi connectivity index (χ0) is 20.0. The summed E-state index contributed by atoms with van der Waals surface area (Å²) in [5, 5.41) is 0. The highest BCUT2D eigenvalue weighted by atomic mass is 19.5. The van der Waals surface area contributed by atoms with Gasteiger partial charge in [0.2, 0.25) is 12.0 Å². The van der Waals surface area contributed by atoms with Crippen molar-refractivity contribution in [3.05, 3.63) is 54.7 Å². The van der Waals surface area contributed by atoms with Crippen LogP contribution in [0.15, 0.2) is 59.3 Å². The van der Waals surface area contributed by atoms with Gasteiger partial charge in [0.05, 0.1) is 14.2 Å². The molecule has 0 aliphatic rings. The molecule has 0 fully saturated rings. The van der Waals surface area contributed by atoms with E-state index in [0.29, 0.717) is 11.5 Å². The van der Waals surface area contributed by atoms with Crippen molar-refractivity contribution < 1.29 is 36.0 Å². The molecule has 0 unspecified atom stereocenters. The Morgan fingerprint density at radius 3 is 2.00 bits per heavy atom. The summed E-state index contributed by atoms with van der Waals surface area (Å²) < 4.78 is 57.2. The van der Waals surface area contributed by atoms with E-state index in [9.17, 15) is 17.3 Å². The third kappa shape index (κ3) is 5.77. The van der Waals surface area contributed by atoms with E-state index >= 15 is 0 Å². The van der Waals surface area contributed by atoms with Gasteiger partial charge in [-0.2, -0.15) is 0 Å². The molecule has 0 bridgehead atoms. The fraction of sp³-hybridized carbons (Fsp3) is 0.167. The van der Waals surface area contributed by atoms with Crippen molar-refractivity contribution in [1.82, 2.24) is 0 Å². The number of hydrogen-bond donors (Lipinski definition) is 0. The van der Waals surface area contributed by atoms with Gasteiger partial charge in [-0.15, -0.1) is 0 Å². The molecule has 4 nitrogen and oxygen atoms in total. The van der Waals surface area contributed by atoms with Gasteiger partial charge in [-0.25, -0.2) is 4.52 Å². The van der Waals surface area contributed by atoms with Gasteiger partial charge in [-0.3, -0.25) is 0 Å². The summed E-state index contributed by atoms with van der Waals surface area (Å²) >= 11 is 0. The van der Waals surface area contributed by atoms with E-state index in [4.69, 9.17) is 14.0 Å². The monoisotopic (exact) mass is 383 g/mol. The van der Waals surface area contributed by atoms with Crippen LogP contribution in [0, 0.1) is 0 Å². The summed E-state index contributed by atoms with van der Waals surface area (Å²) in [6.45, 7) is 0. The van der Waals surface area contributed by atoms with Crippen LogP contribution in [0.4, 0.5) is 17.3 Å². The lowest BCUT2D eigenvalue weighted by Crippen LogP contribution is -2.22. The van der Waals surface area contributed by atoms with Gasteiger partial charge < -0.3 is 26.7 Å². The summed E-state index contributed by atoms with van der Waals surface area (Å²) in [6.07, 6.45) is 1.97. The Balaban J connectivity index is 0.000000465. The third-order valence-electron chi connectivity index (χ3n) is 3.52. The lowest BCUT2D eigenvalue weighted by atomic mass is 10.0. The maximum Gasteiger partial charge on any atom is 0.673 e. The van der Waals surface area contributed by atoms with Crippen molar-refractivity contribution in [1.29, 1.82) is 0 Å². The lowest BCUT2D eigenvalue weighted by Gasteiger charge is -2.08. The minimum Gasteiger partial charge on any atom is -0.493 e. The van der Waals surface area contributed by atoms with Crippen molar-refractivity contribution >= 4 is 7.25 Å². The number of nitrogens with zero attached hydrogens (tertiary/aromatic N) is 1. The molecular weight excluding hydrogens is 365 g/mol. The van der Waals surface area contributed by atoms with E-state index in [1.54, 1.807) is 19.0 Å². The van der Waals surface area contributed by atoms with E-state index in [0.717, 1.165) is 22.5 Å². The second kappa shape index (κ2) is 8.61. The third-order valence-corrected chi connectivity index (χ3v) is 3.52. The number of benzene rings is 2. The molecule has 3 aromatic rings. The molecule has 0 radical (unpaired) electrons. The molecule has 1 aromatic heterocycles. The van der Waals surface area contributed by atoms with Crippen molar-refractivity contribution in [3.63, 3.8) is 0 Å². The summed E-state index contributed by atoms with van der Waals surface area (Å²) in [6, 6.07) is 15.9. The second-order valence-electron chi connectivity index (χ2n) is 5.44. The normalized spacial score (nSPS) is 10.8. The van der Waals surface area contributed by atoms with Crippen LogP contribution in [0.1, 0.15) is 0 Å². The molecule has 0 saturated heterocycles. The molecule has 27 heavy (non-hydrogen) atoms. The predicted molar refractivity (Wildman–Crippen MR) is 94.0 cm³/mol. The molecule has 0 N–H and O–H groups in total. The summed E-state index contributed by atoms with van der Waals surface area (Å²) in [4.78, 5) is 0. The molecule has 0 atom stereocenters. The van der Waals surface area contributed by atoms with Gasteiger partial charge in [-0.05, 0) is 28.5 Å². The second-order valence-corrected chi connectivity index (χ2v) is 5.44. The van der Waals surface area contributed by atoms with Crippen LogP contribution in [-0.4, -0.2) is 21.5 Å². The van der Waals surface area contributed by atoms with Crippen LogP contribution < -0.4 is 14.2 Å². The summed E-state index contributed by atoms with van der Waals surface area (Å²) in [5.74, 6) is 2.18. The Morgan fingerprint density at radius 2 is 1.44 bits per heavy atom. The Morgan fingerprint density at radius 1 is 0.852 bits per heavy atom. The number of rotatable bonds is 4. The van der Waals surface area contributed by atoms with E-state index in [1.807, 2.05) is 49.6 Å². The van der Waals surface area contributed by atoms with E-state index in [-0.39, 0.29) is 0 Å². The molecule has 0 saturated carbocycles. The molecule has 0 amide bonds. The Kier molecular flexibility index (Phi) is 6.49. The number of methoxy groups -OCH3 is 2. The van der Waals surface area contributed by atoms with Crippen LogP contribution in [-0.2, 0) is 7.05 Å². The number of halogens is 4. The lowest BCUT2D eigenvalue weighted by molar-refractivity contribution is -0.843. The highest BCUT2D eigenvalue weighted by Gasteiger charge is 2.21. The first-order valence-corrected chi connectivity index (χ1v) is 7.88. The van der Waals surface area contributed by atoms with E-state index < -0.39 is 7.25 Å². The van der Waals surface area contributed by atoms with Crippen molar-refractivity contribution in [2.75, 3.05) is 14.2 Å². The molecule has 1 heterocycles. The summed E-state index contributed by atoms with van der Waals surface area (Å²) in [7, 11) is -0.877. The van der Waals surface area contributed by atoms with Crippen LogP contribution >= 0.6 is 0 Å². The molecule has 0 spiro atoms. The van der Waals surface area contributed by atoms with Crippen LogP contribution in [0.2, 0.25) is 0 Å². The van der Waals surface area contributed by atoms with Gasteiger partial charge in [0.1, 0.15) is 5.56 Å². The first kappa shape index (κ1) is 20.3. The Bertz CT molecular complexity index is 876. The first-order valence-electron chi connectivity index (χ1n) is 7.88. The zero-order valence-corrected chi connectivity index (χ0v) is 15.0. The van der Waals surface area contributed by atoms with Gasteiger partial charge >= 0.3 is 7.25 Å². The maximum absolute atomic E-state index is 9.75. The van der Waals surface area contributed by atoms with Crippen molar-refractivity contribution in [2.24, 2.45) is 7.05 Å². The molecule has 9 heteroatoms. The highest BCUT2D eigenvalue weighted by Crippen LogP contribution is 2.36. The highest BCUT2D eigenvalue weighted by molar-refractivity contribution is 6.50. The largest absolute Gasteiger partial charge is 0.673 e. The summed E-state index contributed by atoms with van der Waals surface area (Å²) in [5.41, 5.74) is 3.09. The zero-order valence-electron chi connectivity index (χ0n) is 15.0. The van der Waals surface area contributed by atoms with Crippen molar-refractivity contribution in [2.45, 2.75) is 0 Å². The van der Waals surface area contributed by atoms with Crippen LogP contribution in [0.5, 0.6) is 11.5 Å². The predicted octanol–water partition coefficient (Wildman–Crippen LogP) is 4.76. The quantitative estimate of drug-likeness (QED) is 0.371. The minimum atomic E-state index is -6.00. The minimum absolute atomic E-state index is 0.679. The number of aromatic nitrogens is 1. The number of aryl methyl sites for hydroxylation is 1. The number of ether oxygens (including phenoxy) is 2. The molecule has 2 aromatic carbocycles. The van der Waals surface area contributed by atoms with Gasteiger partial charge in [-0.1, -0.05) is 30.3 Å².